The van der Waals surface area contributed by atoms with E-state index in [9.17, 15) is 13.2 Å². The number of hydrogen-bond donors (Lipinski definition) is 1. The maximum absolute atomic E-state index is 12.8. The van der Waals surface area contributed by atoms with Gasteiger partial charge in [0.2, 0.25) is 0 Å². The third kappa shape index (κ3) is 2.55. The number of aromatic nitrogens is 2. The molecule has 0 amide bonds. The van der Waals surface area contributed by atoms with Gasteiger partial charge in [-0.25, -0.2) is 0 Å². The van der Waals surface area contributed by atoms with Crippen LogP contribution in [0.3, 0.4) is 0 Å². The molecule has 0 aliphatic heterocycles. The second kappa shape index (κ2) is 3.76. The lowest BCUT2D eigenvalue weighted by atomic mass is 10.1. The van der Waals surface area contributed by atoms with Crippen LogP contribution in [-0.2, 0) is 11.7 Å². The molecule has 1 heterocycles. The van der Waals surface area contributed by atoms with E-state index in [-0.39, 0.29) is 5.69 Å². The molecule has 0 radical (unpaired) electrons. The Morgan fingerprint density at radius 2 is 1.81 bits per heavy atom. The molecule has 16 heavy (non-hydrogen) atoms. The number of nitrogens with two attached hydrogens (primary N) is 1. The SMILES string of the molecule is CC(N)c1cc(C(F)(F)F)n(C(C)(C)C)n1. The number of rotatable bonds is 1. The zero-order valence-corrected chi connectivity index (χ0v) is 9.76. The van der Waals surface area contributed by atoms with Crippen LogP contribution in [0.5, 0.6) is 0 Å². The van der Waals surface area contributed by atoms with Crippen LogP contribution in [0.2, 0.25) is 0 Å². The molecule has 1 rings (SSSR count). The lowest BCUT2D eigenvalue weighted by Gasteiger charge is -2.23. The molecule has 1 aromatic rings. The fourth-order valence-corrected chi connectivity index (χ4v) is 1.34. The van der Waals surface area contributed by atoms with Crippen LogP contribution in [0.1, 0.15) is 45.1 Å². The number of hydrogen-bond acceptors (Lipinski definition) is 2. The maximum atomic E-state index is 12.8. The van der Waals surface area contributed by atoms with Crippen LogP contribution in [-0.4, -0.2) is 9.78 Å². The second-order valence-electron chi connectivity index (χ2n) is 4.82. The summed E-state index contributed by atoms with van der Waals surface area (Å²) in [5.74, 6) is 0. The molecule has 0 aliphatic rings. The van der Waals surface area contributed by atoms with Gasteiger partial charge < -0.3 is 5.73 Å². The molecule has 0 spiro atoms. The minimum absolute atomic E-state index is 0.252. The van der Waals surface area contributed by atoms with E-state index < -0.39 is 23.5 Å². The number of alkyl halides is 3. The van der Waals surface area contributed by atoms with E-state index in [1.54, 1.807) is 27.7 Å². The first kappa shape index (κ1) is 13.0. The summed E-state index contributed by atoms with van der Waals surface area (Å²) in [7, 11) is 0. The summed E-state index contributed by atoms with van der Waals surface area (Å²) in [6, 6.07) is 0.500. The normalized spacial score (nSPS) is 15.2. The summed E-state index contributed by atoms with van der Waals surface area (Å²) in [6.45, 7) is 6.61. The third-order valence-corrected chi connectivity index (χ3v) is 2.12. The smallest absolute Gasteiger partial charge is 0.323 e. The summed E-state index contributed by atoms with van der Waals surface area (Å²) < 4.78 is 39.2. The lowest BCUT2D eigenvalue weighted by molar-refractivity contribution is -0.146. The van der Waals surface area contributed by atoms with Crippen LogP contribution < -0.4 is 5.73 Å². The number of nitrogens with zero attached hydrogens (tertiary/aromatic N) is 2. The molecule has 0 saturated heterocycles. The van der Waals surface area contributed by atoms with Gasteiger partial charge in [-0.2, -0.15) is 18.3 Å². The quantitative estimate of drug-likeness (QED) is 0.813. The molecule has 0 aliphatic carbocycles. The molecule has 0 saturated carbocycles. The molecule has 1 aromatic heterocycles. The van der Waals surface area contributed by atoms with Crippen LogP contribution >= 0.6 is 0 Å². The first-order valence-electron chi connectivity index (χ1n) is 4.96. The highest BCUT2D eigenvalue weighted by Gasteiger charge is 2.38. The average molecular weight is 235 g/mol. The molecule has 0 bridgehead atoms. The van der Waals surface area contributed by atoms with Gasteiger partial charge in [0.25, 0.3) is 0 Å². The Morgan fingerprint density at radius 1 is 1.31 bits per heavy atom. The zero-order valence-electron chi connectivity index (χ0n) is 9.76. The van der Waals surface area contributed by atoms with Crippen LogP contribution in [0.15, 0.2) is 6.07 Å². The molecule has 3 nitrogen and oxygen atoms in total. The Balaban J connectivity index is 3.36. The third-order valence-electron chi connectivity index (χ3n) is 2.12. The van der Waals surface area contributed by atoms with Crippen molar-refractivity contribution < 1.29 is 13.2 Å². The van der Waals surface area contributed by atoms with Gasteiger partial charge in [0.1, 0.15) is 5.69 Å². The van der Waals surface area contributed by atoms with Crippen molar-refractivity contribution in [3.63, 3.8) is 0 Å². The van der Waals surface area contributed by atoms with Crippen LogP contribution in [0.4, 0.5) is 13.2 Å². The zero-order chi connectivity index (χ0) is 12.7. The van der Waals surface area contributed by atoms with Crippen LogP contribution in [0, 0.1) is 0 Å². The number of halogens is 3. The van der Waals surface area contributed by atoms with E-state index in [0.29, 0.717) is 0 Å². The molecule has 0 aromatic carbocycles. The Labute approximate surface area is 92.4 Å². The van der Waals surface area contributed by atoms with Gasteiger partial charge in [-0.15, -0.1) is 0 Å². The Morgan fingerprint density at radius 3 is 2.06 bits per heavy atom. The van der Waals surface area contributed by atoms with E-state index >= 15 is 0 Å². The van der Waals surface area contributed by atoms with Crippen molar-refractivity contribution in [3.8, 4) is 0 Å². The van der Waals surface area contributed by atoms with E-state index in [0.717, 1.165) is 10.7 Å². The predicted octanol–water partition coefficient (Wildman–Crippen LogP) is 2.68. The highest BCUT2D eigenvalue weighted by molar-refractivity contribution is 5.17. The fraction of sp³-hybridized carbons (Fsp3) is 0.700. The molecular weight excluding hydrogens is 219 g/mol. The summed E-state index contributed by atoms with van der Waals surface area (Å²) >= 11 is 0. The van der Waals surface area contributed by atoms with Crippen molar-refractivity contribution in [2.75, 3.05) is 0 Å². The average Bonchev–Trinajstić information content (AvgIpc) is 2.44. The standard InChI is InChI=1S/C10H16F3N3/c1-6(14)7-5-8(10(11,12)13)16(15-7)9(2,3)4/h5-6H,14H2,1-4H3. The highest BCUT2D eigenvalue weighted by Crippen LogP contribution is 2.33. The summed E-state index contributed by atoms with van der Waals surface area (Å²) in [6.07, 6.45) is -4.41. The van der Waals surface area contributed by atoms with E-state index in [4.69, 9.17) is 5.73 Å². The van der Waals surface area contributed by atoms with Gasteiger partial charge in [-0.05, 0) is 33.8 Å². The van der Waals surface area contributed by atoms with Crippen molar-refractivity contribution >= 4 is 0 Å². The topological polar surface area (TPSA) is 43.8 Å². The van der Waals surface area contributed by atoms with Crippen molar-refractivity contribution in [2.45, 2.75) is 45.5 Å². The first-order chi connectivity index (χ1) is 7.03. The minimum Gasteiger partial charge on any atom is -0.323 e. The van der Waals surface area contributed by atoms with Crippen molar-refractivity contribution in [3.05, 3.63) is 17.5 Å². The molecule has 0 fully saturated rings. The van der Waals surface area contributed by atoms with Gasteiger partial charge in [0.15, 0.2) is 0 Å². The largest absolute Gasteiger partial charge is 0.433 e. The van der Waals surface area contributed by atoms with Gasteiger partial charge in [-0.1, -0.05) is 0 Å². The van der Waals surface area contributed by atoms with Gasteiger partial charge in [0.05, 0.1) is 11.2 Å². The van der Waals surface area contributed by atoms with E-state index in [1.807, 2.05) is 0 Å². The molecule has 2 N–H and O–H groups in total. The maximum Gasteiger partial charge on any atom is 0.433 e. The monoisotopic (exact) mass is 235 g/mol. The minimum atomic E-state index is -4.41. The Hall–Kier alpha value is -1.04. The van der Waals surface area contributed by atoms with E-state index in [2.05, 4.69) is 5.10 Å². The van der Waals surface area contributed by atoms with Crippen molar-refractivity contribution in [1.29, 1.82) is 0 Å². The van der Waals surface area contributed by atoms with Crippen molar-refractivity contribution in [2.24, 2.45) is 5.73 Å². The Bertz CT molecular complexity index is 340. The van der Waals surface area contributed by atoms with Gasteiger partial charge in [-0.3, -0.25) is 4.68 Å². The fourth-order valence-electron chi connectivity index (χ4n) is 1.34. The van der Waals surface area contributed by atoms with Gasteiger partial charge >= 0.3 is 6.18 Å². The molecule has 92 valence electrons. The van der Waals surface area contributed by atoms with Crippen LogP contribution in [0.25, 0.3) is 0 Å². The molecular formula is C10H16F3N3. The van der Waals surface area contributed by atoms with E-state index in [1.165, 1.54) is 0 Å². The summed E-state index contributed by atoms with van der Waals surface area (Å²) in [5.41, 5.74) is 4.31. The lowest BCUT2D eigenvalue weighted by Crippen LogP contribution is -2.28. The highest BCUT2D eigenvalue weighted by atomic mass is 19.4. The molecule has 6 heteroatoms. The Kier molecular flexibility index (Phi) is 3.06. The predicted molar refractivity (Wildman–Crippen MR) is 54.8 cm³/mol. The molecule has 1 unspecified atom stereocenters. The second-order valence-corrected chi connectivity index (χ2v) is 4.82. The van der Waals surface area contributed by atoms with Gasteiger partial charge in [0, 0.05) is 6.04 Å². The van der Waals surface area contributed by atoms with Crippen molar-refractivity contribution in [1.82, 2.24) is 9.78 Å². The first-order valence-corrected chi connectivity index (χ1v) is 4.96. The molecule has 1 atom stereocenters. The summed E-state index contributed by atoms with van der Waals surface area (Å²) in [5, 5.41) is 3.92. The summed E-state index contributed by atoms with van der Waals surface area (Å²) in [4.78, 5) is 0.